The number of amides is 1. The van der Waals surface area contributed by atoms with Crippen LogP contribution in [0, 0.1) is 5.41 Å². The summed E-state index contributed by atoms with van der Waals surface area (Å²) in [5.74, 6) is -1.66. The van der Waals surface area contributed by atoms with Gasteiger partial charge in [-0.15, -0.1) is 0 Å². The second-order valence-electron chi connectivity index (χ2n) is 5.05. The molecule has 1 aliphatic rings. The molecule has 4 N–H and O–H groups in total. The molecule has 1 amide bonds. The molecule has 0 aliphatic carbocycles. The number of nitrogens with one attached hydrogen (secondary N) is 2. The number of phenols is 1. The Labute approximate surface area is 116 Å². The number of hydrogen-bond acceptors (Lipinski definition) is 4. The van der Waals surface area contributed by atoms with E-state index < -0.39 is 11.4 Å². The van der Waals surface area contributed by atoms with Gasteiger partial charge in [-0.25, -0.2) is 4.79 Å². The van der Waals surface area contributed by atoms with E-state index in [1.54, 1.807) is 0 Å². The highest BCUT2D eigenvalue weighted by molar-refractivity contribution is 5.97. The minimum Gasteiger partial charge on any atom is -0.507 e. The molecule has 0 bridgehead atoms. The zero-order chi connectivity index (χ0) is 14.8. The minimum absolute atomic E-state index is 0.104. The van der Waals surface area contributed by atoms with Gasteiger partial charge in [-0.3, -0.25) is 4.79 Å². The molecule has 0 aromatic heterocycles. The molecule has 20 heavy (non-hydrogen) atoms. The quantitative estimate of drug-likeness (QED) is 0.667. The first-order valence-electron chi connectivity index (χ1n) is 6.57. The Kier molecular flexibility index (Phi) is 3.94. The Morgan fingerprint density at radius 2 is 2.20 bits per heavy atom. The molecular weight excluding hydrogens is 260 g/mol. The van der Waals surface area contributed by atoms with Crippen molar-refractivity contribution in [2.45, 2.75) is 19.8 Å². The van der Waals surface area contributed by atoms with Crippen molar-refractivity contribution in [2.24, 2.45) is 5.41 Å². The third-order valence-corrected chi connectivity index (χ3v) is 3.89. The monoisotopic (exact) mass is 278 g/mol. The Morgan fingerprint density at radius 1 is 1.45 bits per heavy atom. The van der Waals surface area contributed by atoms with E-state index >= 15 is 0 Å². The molecule has 1 atom stereocenters. The number of benzene rings is 1. The topological polar surface area (TPSA) is 98.7 Å². The molecule has 0 radical (unpaired) electrons. The maximum Gasteiger partial charge on any atom is 0.339 e. The standard InChI is InChI=1S/C14H18N2O4/c1-2-14(5-6-15-8-14)13(20)16-9-3-4-10(12(18)19)11(17)7-9/h3-4,7,15,17H,2,5-6,8H2,1H3,(H,16,20)(H,18,19). The number of rotatable bonds is 4. The second-order valence-corrected chi connectivity index (χ2v) is 5.05. The summed E-state index contributed by atoms with van der Waals surface area (Å²) < 4.78 is 0. The lowest BCUT2D eigenvalue weighted by Crippen LogP contribution is -2.37. The molecule has 2 rings (SSSR count). The van der Waals surface area contributed by atoms with E-state index in [1.165, 1.54) is 18.2 Å². The van der Waals surface area contributed by atoms with Gasteiger partial charge in [-0.05, 0) is 31.5 Å². The highest BCUT2D eigenvalue weighted by atomic mass is 16.4. The molecule has 1 fully saturated rings. The van der Waals surface area contributed by atoms with Crippen LogP contribution < -0.4 is 10.6 Å². The van der Waals surface area contributed by atoms with Gasteiger partial charge in [0.25, 0.3) is 0 Å². The van der Waals surface area contributed by atoms with Gasteiger partial charge in [0.2, 0.25) is 5.91 Å². The van der Waals surface area contributed by atoms with Crippen LogP contribution in [-0.2, 0) is 4.79 Å². The van der Waals surface area contributed by atoms with Crippen molar-refractivity contribution >= 4 is 17.6 Å². The molecule has 1 saturated heterocycles. The third-order valence-electron chi connectivity index (χ3n) is 3.89. The zero-order valence-corrected chi connectivity index (χ0v) is 11.3. The average molecular weight is 278 g/mol. The van der Waals surface area contributed by atoms with Gasteiger partial charge >= 0.3 is 5.97 Å². The minimum atomic E-state index is -1.20. The smallest absolute Gasteiger partial charge is 0.339 e. The number of carboxylic acids is 1. The maximum atomic E-state index is 12.3. The van der Waals surface area contributed by atoms with Crippen molar-refractivity contribution in [1.82, 2.24) is 5.32 Å². The van der Waals surface area contributed by atoms with Crippen LogP contribution in [0.15, 0.2) is 18.2 Å². The summed E-state index contributed by atoms with van der Waals surface area (Å²) >= 11 is 0. The van der Waals surface area contributed by atoms with E-state index in [0.717, 1.165) is 19.4 Å². The molecule has 1 heterocycles. The van der Waals surface area contributed by atoms with Crippen LogP contribution in [0.5, 0.6) is 5.75 Å². The molecule has 0 saturated carbocycles. The zero-order valence-electron chi connectivity index (χ0n) is 11.3. The second kappa shape index (κ2) is 5.50. The van der Waals surface area contributed by atoms with Crippen molar-refractivity contribution in [1.29, 1.82) is 0 Å². The summed E-state index contributed by atoms with van der Waals surface area (Å²) in [6, 6.07) is 4.01. The number of hydrogen-bond donors (Lipinski definition) is 4. The van der Waals surface area contributed by atoms with Crippen molar-refractivity contribution in [3.05, 3.63) is 23.8 Å². The summed E-state index contributed by atoms with van der Waals surface area (Å²) in [5, 5.41) is 24.4. The molecule has 6 heteroatoms. The predicted octanol–water partition coefficient (Wildman–Crippen LogP) is 1.42. The van der Waals surface area contributed by atoms with Gasteiger partial charge < -0.3 is 20.8 Å². The molecule has 1 unspecified atom stereocenters. The fourth-order valence-corrected chi connectivity index (χ4v) is 2.45. The predicted molar refractivity (Wildman–Crippen MR) is 73.9 cm³/mol. The van der Waals surface area contributed by atoms with Crippen molar-refractivity contribution in [2.75, 3.05) is 18.4 Å². The fourth-order valence-electron chi connectivity index (χ4n) is 2.45. The summed E-state index contributed by atoms with van der Waals surface area (Å²) in [4.78, 5) is 23.2. The van der Waals surface area contributed by atoms with Gasteiger partial charge in [-0.2, -0.15) is 0 Å². The van der Waals surface area contributed by atoms with Crippen molar-refractivity contribution in [3.8, 4) is 5.75 Å². The van der Waals surface area contributed by atoms with E-state index in [-0.39, 0.29) is 17.2 Å². The normalized spacial score (nSPS) is 21.6. The molecular formula is C14H18N2O4. The highest BCUT2D eigenvalue weighted by Gasteiger charge is 2.39. The molecule has 108 valence electrons. The van der Waals surface area contributed by atoms with Crippen LogP contribution in [0.4, 0.5) is 5.69 Å². The van der Waals surface area contributed by atoms with Crippen LogP contribution in [0.2, 0.25) is 0 Å². The number of carboxylic acid groups (broad SMARTS) is 1. The summed E-state index contributed by atoms with van der Waals surface area (Å²) in [6.07, 6.45) is 1.50. The molecule has 0 spiro atoms. The largest absolute Gasteiger partial charge is 0.507 e. The first-order chi connectivity index (χ1) is 9.48. The maximum absolute atomic E-state index is 12.3. The van der Waals surface area contributed by atoms with E-state index in [4.69, 9.17) is 5.11 Å². The van der Waals surface area contributed by atoms with Gasteiger partial charge in [0.1, 0.15) is 11.3 Å². The van der Waals surface area contributed by atoms with E-state index in [1.807, 2.05) is 6.92 Å². The summed E-state index contributed by atoms with van der Waals surface area (Å²) in [7, 11) is 0. The first kappa shape index (κ1) is 14.3. The van der Waals surface area contributed by atoms with Crippen molar-refractivity contribution < 1.29 is 19.8 Å². The Bertz CT molecular complexity index is 536. The van der Waals surface area contributed by atoms with Gasteiger partial charge in [0.15, 0.2) is 0 Å². The average Bonchev–Trinajstić information content (AvgIpc) is 2.88. The number of carbonyl (C=O) groups excluding carboxylic acids is 1. The highest BCUT2D eigenvalue weighted by Crippen LogP contribution is 2.31. The number of anilines is 1. The number of carbonyl (C=O) groups is 2. The van der Waals surface area contributed by atoms with E-state index in [2.05, 4.69) is 10.6 Å². The van der Waals surface area contributed by atoms with Crippen LogP contribution in [0.3, 0.4) is 0 Å². The Balaban J connectivity index is 2.16. The van der Waals surface area contributed by atoms with E-state index in [0.29, 0.717) is 12.2 Å². The Hall–Kier alpha value is -2.08. The number of aromatic hydroxyl groups is 1. The lowest BCUT2D eigenvalue weighted by Gasteiger charge is -2.25. The summed E-state index contributed by atoms with van der Waals surface area (Å²) in [6.45, 7) is 3.41. The summed E-state index contributed by atoms with van der Waals surface area (Å²) in [5.41, 5.74) is -0.214. The lowest BCUT2D eigenvalue weighted by molar-refractivity contribution is -0.124. The SMILES string of the molecule is CCC1(C(=O)Nc2ccc(C(=O)O)c(O)c2)CCNC1. The van der Waals surface area contributed by atoms with Crippen molar-refractivity contribution in [3.63, 3.8) is 0 Å². The Morgan fingerprint density at radius 3 is 2.70 bits per heavy atom. The van der Waals surface area contributed by atoms with E-state index in [9.17, 15) is 14.7 Å². The third kappa shape index (κ3) is 2.60. The fraction of sp³-hybridized carbons (Fsp3) is 0.429. The van der Waals surface area contributed by atoms with Crippen LogP contribution in [0.1, 0.15) is 30.1 Å². The molecule has 1 aromatic rings. The van der Waals surface area contributed by atoms with Gasteiger partial charge in [0, 0.05) is 18.3 Å². The molecule has 6 nitrogen and oxygen atoms in total. The molecule has 1 aliphatic heterocycles. The van der Waals surface area contributed by atoms with Crippen LogP contribution >= 0.6 is 0 Å². The first-order valence-corrected chi connectivity index (χ1v) is 6.57. The van der Waals surface area contributed by atoms with Gasteiger partial charge in [0.05, 0.1) is 5.41 Å². The lowest BCUT2D eigenvalue weighted by atomic mass is 9.83. The van der Waals surface area contributed by atoms with Gasteiger partial charge in [-0.1, -0.05) is 6.92 Å². The van der Waals surface area contributed by atoms with Crippen LogP contribution in [-0.4, -0.2) is 35.2 Å². The molecule has 1 aromatic carbocycles. The number of aromatic carboxylic acids is 1. The van der Waals surface area contributed by atoms with Crippen LogP contribution in [0.25, 0.3) is 0 Å².